The van der Waals surface area contributed by atoms with E-state index in [1.54, 1.807) is 0 Å². The maximum atomic E-state index is 12.9. The van der Waals surface area contributed by atoms with Crippen LogP contribution in [0.1, 0.15) is 45.8 Å². The van der Waals surface area contributed by atoms with Gasteiger partial charge in [0.1, 0.15) is 5.82 Å². The number of likely N-dealkylation sites (tertiary alicyclic amines) is 1. The molecule has 9 heteroatoms. The molecule has 2 N–H and O–H groups in total. The maximum Gasteiger partial charge on any atom is 0.286 e. The average molecular weight is 405 g/mol. The number of hydrogen-bond donors (Lipinski definition) is 2. The molecule has 1 aliphatic heterocycles. The van der Waals surface area contributed by atoms with Gasteiger partial charge in [-0.1, -0.05) is 18.3 Å². The highest BCUT2D eigenvalue weighted by Gasteiger charge is 2.18. The first-order valence-electron chi connectivity index (χ1n) is 9.42. The van der Waals surface area contributed by atoms with E-state index >= 15 is 0 Å². The van der Waals surface area contributed by atoms with Gasteiger partial charge in [0.25, 0.3) is 11.8 Å². The molecule has 150 valence electrons. The zero-order chi connectivity index (χ0) is 19.9. The fraction of sp³-hybridized carbons (Fsp3) is 0.474. The summed E-state index contributed by atoms with van der Waals surface area (Å²) in [6.07, 6.45) is 3.40. The first kappa shape index (κ1) is 20.3. The topological polar surface area (TPSA) is 87.2 Å². The third-order valence-electron chi connectivity index (χ3n) is 4.59. The number of nitrogens with one attached hydrogen (secondary N) is 2. The van der Waals surface area contributed by atoms with Crippen LogP contribution >= 0.6 is 11.3 Å². The number of hydrogen-bond acceptors (Lipinski definition) is 6. The lowest BCUT2D eigenvalue weighted by atomic mass is 10.0. The zero-order valence-corrected chi connectivity index (χ0v) is 16.6. The predicted octanol–water partition coefficient (Wildman–Crippen LogP) is 2.78. The van der Waals surface area contributed by atoms with E-state index in [1.165, 1.54) is 37.1 Å². The second-order valence-corrected chi connectivity index (χ2v) is 8.01. The van der Waals surface area contributed by atoms with E-state index in [0.29, 0.717) is 12.2 Å². The Kier molecular flexibility index (Phi) is 7.05. The molecule has 0 unspecified atom stereocenters. The number of aromatic nitrogens is 2. The van der Waals surface area contributed by atoms with E-state index in [-0.39, 0.29) is 21.7 Å². The van der Waals surface area contributed by atoms with Crippen LogP contribution in [0.4, 0.5) is 10.1 Å². The van der Waals surface area contributed by atoms with Crippen LogP contribution in [0.5, 0.6) is 0 Å². The van der Waals surface area contributed by atoms with Crippen molar-refractivity contribution in [1.29, 1.82) is 0 Å². The third kappa shape index (κ3) is 5.80. The summed E-state index contributed by atoms with van der Waals surface area (Å²) >= 11 is 0.927. The first-order valence-corrected chi connectivity index (χ1v) is 10.2. The lowest BCUT2D eigenvalue weighted by Crippen LogP contribution is -2.36. The SMILES string of the molecule is C[C@@H]1CCCN(CCCNC(=O)c2nnc(C(=O)Nc3ccc(F)cc3)s2)C1. The Morgan fingerprint density at radius 1 is 1.21 bits per heavy atom. The summed E-state index contributed by atoms with van der Waals surface area (Å²) in [6.45, 7) is 6.04. The molecule has 1 aromatic heterocycles. The van der Waals surface area contributed by atoms with Gasteiger partial charge in [-0.15, -0.1) is 10.2 Å². The lowest BCUT2D eigenvalue weighted by molar-refractivity contribution is 0.0947. The number of benzene rings is 1. The molecule has 1 aromatic carbocycles. The number of halogens is 1. The average Bonchev–Trinajstić information content (AvgIpc) is 3.17. The Bertz CT molecular complexity index is 811. The highest BCUT2D eigenvalue weighted by Crippen LogP contribution is 2.16. The van der Waals surface area contributed by atoms with E-state index in [0.717, 1.165) is 43.3 Å². The van der Waals surface area contributed by atoms with Gasteiger partial charge in [0, 0.05) is 18.8 Å². The summed E-state index contributed by atoms with van der Waals surface area (Å²) in [6, 6.07) is 5.40. The predicted molar refractivity (Wildman–Crippen MR) is 106 cm³/mol. The number of carbonyl (C=O) groups excluding carboxylic acids is 2. The summed E-state index contributed by atoms with van der Waals surface area (Å²) in [7, 11) is 0. The smallest absolute Gasteiger partial charge is 0.286 e. The van der Waals surface area contributed by atoms with Gasteiger partial charge in [-0.05, 0) is 62.5 Å². The summed E-state index contributed by atoms with van der Waals surface area (Å²) in [4.78, 5) is 26.8. The molecular formula is C19H24FN5O2S. The molecule has 2 heterocycles. The molecule has 0 saturated carbocycles. The standard InChI is InChI=1S/C19H24FN5O2S/c1-13-4-2-10-25(12-13)11-3-9-21-16(26)18-23-24-19(28-18)17(27)22-15-7-5-14(20)6-8-15/h5-8,13H,2-4,9-12H2,1H3,(H,21,26)(H,22,27)/t13-/m1/s1. The highest BCUT2D eigenvalue weighted by atomic mass is 32.1. The molecule has 28 heavy (non-hydrogen) atoms. The van der Waals surface area contributed by atoms with Crippen molar-refractivity contribution in [3.63, 3.8) is 0 Å². The van der Waals surface area contributed by atoms with Crippen LogP contribution in [0.3, 0.4) is 0 Å². The van der Waals surface area contributed by atoms with Gasteiger partial charge >= 0.3 is 0 Å². The van der Waals surface area contributed by atoms with Crippen molar-refractivity contribution in [3.8, 4) is 0 Å². The Labute approximate surface area is 167 Å². The largest absolute Gasteiger partial charge is 0.350 e. The molecule has 1 fully saturated rings. The van der Waals surface area contributed by atoms with Crippen molar-refractivity contribution >= 4 is 28.8 Å². The van der Waals surface area contributed by atoms with Gasteiger partial charge in [0.15, 0.2) is 0 Å². The Morgan fingerprint density at radius 2 is 1.93 bits per heavy atom. The normalized spacial score (nSPS) is 17.3. The monoisotopic (exact) mass is 405 g/mol. The van der Waals surface area contributed by atoms with Crippen LogP contribution in [0.2, 0.25) is 0 Å². The third-order valence-corrected chi connectivity index (χ3v) is 5.51. The second-order valence-electron chi connectivity index (χ2n) is 7.03. The van der Waals surface area contributed by atoms with Crippen molar-refractivity contribution < 1.29 is 14.0 Å². The Morgan fingerprint density at radius 3 is 2.64 bits per heavy atom. The molecule has 2 amide bonds. The van der Waals surface area contributed by atoms with Gasteiger partial charge in [0.05, 0.1) is 0 Å². The minimum Gasteiger partial charge on any atom is -0.350 e. The maximum absolute atomic E-state index is 12.9. The number of amides is 2. The Balaban J connectivity index is 1.43. The second kappa shape index (κ2) is 9.70. The Hall–Kier alpha value is -2.39. The minimum absolute atomic E-state index is 0.0804. The van der Waals surface area contributed by atoms with Gasteiger partial charge < -0.3 is 15.5 Å². The van der Waals surface area contributed by atoms with Crippen molar-refractivity contribution in [1.82, 2.24) is 20.4 Å². The summed E-state index contributed by atoms with van der Waals surface area (Å²) in [5.74, 6) is -0.459. The molecule has 1 aliphatic rings. The van der Waals surface area contributed by atoms with Crippen molar-refractivity contribution in [3.05, 3.63) is 40.1 Å². The number of anilines is 1. The number of piperidine rings is 1. The molecule has 7 nitrogen and oxygen atoms in total. The van der Waals surface area contributed by atoms with E-state index in [2.05, 4.69) is 32.7 Å². The van der Waals surface area contributed by atoms with Crippen molar-refractivity contribution in [2.45, 2.75) is 26.2 Å². The van der Waals surface area contributed by atoms with Crippen LogP contribution in [-0.4, -0.2) is 53.1 Å². The number of carbonyl (C=O) groups is 2. The van der Waals surface area contributed by atoms with Crippen LogP contribution < -0.4 is 10.6 Å². The summed E-state index contributed by atoms with van der Waals surface area (Å²) in [5, 5.41) is 13.2. The molecule has 1 saturated heterocycles. The number of nitrogens with zero attached hydrogens (tertiary/aromatic N) is 3. The molecule has 0 bridgehead atoms. The molecule has 0 radical (unpaired) electrons. The van der Waals surface area contributed by atoms with E-state index < -0.39 is 5.91 Å². The molecular weight excluding hydrogens is 381 g/mol. The van der Waals surface area contributed by atoms with Gasteiger partial charge in [0.2, 0.25) is 10.0 Å². The molecule has 0 aliphatic carbocycles. The van der Waals surface area contributed by atoms with Crippen LogP contribution in [-0.2, 0) is 0 Å². The molecule has 1 atom stereocenters. The number of rotatable bonds is 7. The zero-order valence-electron chi connectivity index (χ0n) is 15.8. The first-order chi connectivity index (χ1) is 13.5. The van der Waals surface area contributed by atoms with Gasteiger partial charge in [-0.3, -0.25) is 9.59 Å². The van der Waals surface area contributed by atoms with Gasteiger partial charge in [-0.25, -0.2) is 4.39 Å². The van der Waals surface area contributed by atoms with Crippen molar-refractivity contribution in [2.75, 3.05) is 31.5 Å². The van der Waals surface area contributed by atoms with E-state index in [4.69, 9.17) is 0 Å². The fourth-order valence-corrected chi connectivity index (χ4v) is 3.85. The molecule has 3 rings (SSSR count). The van der Waals surface area contributed by atoms with E-state index in [9.17, 15) is 14.0 Å². The summed E-state index contributed by atoms with van der Waals surface area (Å²) in [5.41, 5.74) is 0.444. The minimum atomic E-state index is -0.484. The van der Waals surface area contributed by atoms with E-state index in [1.807, 2.05) is 0 Å². The van der Waals surface area contributed by atoms with Crippen LogP contribution in [0.15, 0.2) is 24.3 Å². The van der Waals surface area contributed by atoms with Crippen LogP contribution in [0, 0.1) is 11.7 Å². The highest BCUT2D eigenvalue weighted by molar-refractivity contribution is 7.15. The lowest BCUT2D eigenvalue weighted by Gasteiger charge is -2.30. The van der Waals surface area contributed by atoms with Crippen molar-refractivity contribution in [2.24, 2.45) is 5.92 Å². The molecule has 2 aromatic rings. The summed E-state index contributed by atoms with van der Waals surface area (Å²) < 4.78 is 12.9. The van der Waals surface area contributed by atoms with Gasteiger partial charge in [-0.2, -0.15) is 0 Å². The quantitative estimate of drug-likeness (QED) is 0.692. The fourth-order valence-electron chi connectivity index (χ4n) is 3.19. The molecule has 0 spiro atoms. The van der Waals surface area contributed by atoms with Crippen LogP contribution in [0.25, 0.3) is 0 Å².